The van der Waals surface area contributed by atoms with Crippen LogP contribution in [0.3, 0.4) is 0 Å². The van der Waals surface area contributed by atoms with Gasteiger partial charge < -0.3 is 50.2 Å². The average Bonchev–Trinajstić information content (AvgIpc) is 3.31. The van der Waals surface area contributed by atoms with Gasteiger partial charge in [0.15, 0.2) is 5.75 Å². The molecule has 13 heteroatoms. The lowest BCUT2D eigenvalue weighted by Crippen LogP contribution is -2.46. The van der Waals surface area contributed by atoms with Gasteiger partial charge in [0.1, 0.15) is 23.4 Å². The highest BCUT2D eigenvalue weighted by Gasteiger charge is 2.49. The molecule has 3 aliphatic rings. The van der Waals surface area contributed by atoms with Crippen molar-refractivity contribution >= 4 is 34.1 Å². The van der Waals surface area contributed by atoms with Crippen LogP contribution in [0.2, 0.25) is 0 Å². The summed E-state index contributed by atoms with van der Waals surface area (Å²) in [5, 5.41) is 68.9. The van der Waals surface area contributed by atoms with Gasteiger partial charge in [-0.25, -0.2) is 0 Å². The summed E-state index contributed by atoms with van der Waals surface area (Å²) in [5.74, 6) is -8.64. The minimum atomic E-state index is -2.04. The van der Waals surface area contributed by atoms with Crippen molar-refractivity contribution in [2.24, 2.45) is 23.7 Å². The van der Waals surface area contributed by atoms with Crippen molar-refractivity contribution in [3.63, 3.8) is 0 Å². The van der Waals surface area contributed by atoms with Gasteiger partial charge in [-0.1, -0.05) is 45.9 Å². The monoisotopic (exact) mass is 683 g/mol. The van der Waals surface area contributed by atoms with Gasteiger partial charge in [0, 0.05) is 60.1 Å². The summed E-state index contributed by atoms with van der Waals surface area (Å²) in [5.41, 5.74) is -0.184. The summed E-state index contributed by atoms with van der Waals surface area (Å²) in [7, 11) is 0. The molecule has 9 atom stereocenters. The number of phenolic OH excluding ortho intramolecular Hbond substituents is 3. The van der Waals surface area contributed by atoms with Gasteiger partial charge in [-0.3, -0.25) is 14.4 Å². The second-order valence-electron chi connectivity index (χ2n) is 13.2. The zero-order chi connectivity index (χ0) is 36.7. The number of ketones is 1. The molecule has 1 amide bonds. The number of hydrogen-bond donors (Lipinski definition) is 7. The highest BCUT2D eigenvalue weighted by molar-refractivity contribution is 6.21. The number of esters is 1. The maximum atomic E-state index is 13.8. The summed E-state index contributed by atoms with van der Waals surface area (Å²) < 4.78 is 17.1. The van der Waals surface area contributed by atoms with Crippen molar-refractivity contribution in [1.29, 1.82) is 0 Å². The number of amides is 1. The molecular formula is C36H45NO12. The van der Waals surface area contributed by atoms with Crippen LogP contribution >= 0.6 is 0 Å². The molecule has 0 unspecified atom stereocenters. The van der Waals surface area contributed by atoms with Gasteiger partial charge >= 0.3 is 11.8 Å². The lowest BCUT2D eigenvalue weighted by Gasteiger charge is -2.37. The Labute approximate surface area is 284 Å². The smallest absolute Gasteiger partial charge is 0.312 e. The first-order valence-electron chi connectivity index (χ1n) is 16.0. The predicted molar refractivity (Wildman–Crippen MR) is 179 cm³/mol. The van der Waals surface area contributed by atoms with Gasteiger partial charge in [0.2, 0.25) is 0 Å². The zero-order valence-electron chi connectivity index (χ0n) is 28.7. The van der Waals surface area contributed by atoms with E-state index in [-0.39, 0.29) is 38.9 Å². The van der Waals surface area contributed by atoms with E-state index in [1.54, 1.807) is 39.8 Å². The lowest BCUT2D eigenvalue weighted by molar-refractivity contribution is -0.159. The summed E-state index contributed by atoms with van der Waals surface area (Å²) in [6.07, 6.45) is 2.36. The maximum Gasteiger partial charge on any atom is 0.312 e. The van der Waals surface area contributed by atoms with Crippen LogP contribution in [-0.2, 0) is 19.1 Å². The molecule has 0 saturated heterocycles. The van der Waals surface area contributed by atoms with Gasteiger partial charge in [-0.15, -0.1) is 0 Å². The highest BCUT2D eigenvalue weighted by atomic mass is 16.7. The van der Waals surface area contributed by atoms with Gasteiger partial charge in [-0.05, 0) is 19.9 Å². The summed E-state index contributed by atoms with van der Waals surface area (Å²) >= 11 is 0. The fourth-order valence-corrected chi connectivity index (χ4v) is 6.37. The first kappa shape index (κ1) is 37.2. The Morgan fingerprint density at radius 2 is 1.57 bits per heavy atom. The number of ether oxygens (including phenoxy) is 3. The van der Waals surface area contributed by atoms with E-state index >= 15 is 0 Å². The Morgan fingerprint density at radius 1 is 0.918 bits per heavy atom. The van der Waals surface area contributed by atoms with Crippen LogP contribution in [0, 0.1) is 30.6 Å². The van der Waals surface area contributed by atoms with E-state index in [1.165, 1.54) is 39.8 Å². The molecule has 3 heterocycles. The Bertz CT molecular complexity index is 1750. The fourth-order valence-electron chi connectivity index (χ4n) is 6.37. The zero-order valence-corrected chi connectivity index (χ0v) is 28.7. The van der Waals surface area contributed by atoms with Crippen molar-refractivity contribution in [3.8, 4) is 23.0 Å². The fraction of sp³-hybridized carbons (Fsp3) is 0.472. The molecule has 49 heavy (non-hydrogen) atoms. The Balaban J connectivity index is 1.85. The minimum absolute atomic E-state index is 0.0491. The first-order valence-corrected chi connectivity index (χ1v) is 16.0. The van der Waals surface area contributed by atoms with Gasteiger partial charge in [0.25, 0.3) is 11.7 Å². The lowest BCUT2D eigenvalue weighted by atomic mass is 9.78. The number of phenols is 3. The van der Waals surface area contributed by atoms with Crippen molar-refractivity contribution in [3.05, 3.63) is 53.3 Å². The Hall–Kier alpha value is -4.59. The number of allylic oxidation sites excluding steroid dienone is 2. The second kappa shape index (κ2) is 14.1. The van der Waals surface area contributed by atoms with Crippen molar-refractivity contribution in [1.82, 2.24) is 0 Å². The number of aromatic hydroxyl groups is 3. The third-order valence-corrected chi connectivity index (χ3v) is 9.59. The van der Waals surface area contributed by atoms with E-state index in [0.29, 0.717) is 0 Å². The molecular weight excluding hydrogens is 638 g/mol. The maximum absolute atomic E-state index is 13.8. The molecule has 3 aliphatic heterocycles. The number of Topliss-reactive ketones (excluding diaryl/α,β-unsaturated/α-hetero) is 1. The molecule has 0 spiro atoms. The van der Waals surface area contributed by atoms with Crippen LogP contribution < -0.4 is 10.1 Å². The van der Waals surface area contributed by atoms with Crippen LogP contribution in [0.4, 0.5) is 5.69 Å². The largest absolute Gasteiger partial charge is 0.507 e. The van der Waals surface area contributed by atoms with Gasteiger partial charge in [0.05, 0.1) is 41.2 Å². The summed E-state index contributed by atoms with van der Waals surface area (Å²) in [6.45, 7) is 12.0. The van der Waals surface area contributed by atoms with Crippen molar-refractivity contribution < 1.29 is 59.2 Å². The topological polar surface area (TPSA) is 212 Å². The number of aliphatic hydroxyl groups is 3. The number of carbonyl (C=O) groups is 3. The van der Waals surface area contributed by atoms with Crippen molar-refractivity contribution in [2.45, 2.75) is 85.6 Å². The molecule has 0 aliphatic carbocycles. The molecule has 2 aromatic carbocycles. The molecule has 266 valence electrons. The average molecular weight is 684 g/mol. The van der Waals surface area contributed by atoms with E-state index in [2.05, 4.69) is 5.32 Å². The summed E-state index contributed by atoms with van der Waals surface area (Å²) in [6, 6.07) is 1.04. The highest BCUT2D eigenvalue weighted by Crippen LogP contribution is 2.53. The van der Waals surface area contributed by atoms with Gasteiger partial charge in [-0.2, -0.15) is 0 Å². The molecule has 2 aromatic rings. The standard InChI is InChI=1S/C36H45NO12/c1-15-10-9-11-16(2)35(46)37-22-14-24(40)25-26(31(22)44)30(43)20(6)33-27(25)34(45)36(8,49-33)47-13-12-23(39)17(3)32(48-21(7)38)19(5)29(42)18(4)28(15)41/h9-15,17-19,23,28-29,32,39-44H,1-8H3,(H,37,46)/b10-9+,13-12+,16-11-/t15-,17+,18+,19+,23-,28-,29+,32+,36-/m0/s1. The molecule has 5 bridgehead atoms. The minimum Gasteiger partial charge on any atom is -0.507 e. The first-order chi connectivity index (χ1) is 22.8. The second-order valence-corrected chi connectivity index (χ2v) is 13.2. The Morgan fingerprint density at radius 3 is 2.20 bits per heavy atom. The van der Waals surface area contributed by atoms with Crippen molar-refractivity contribution in [2.75, 3.05) is 5.32 Å². The molecule has 13 nitrogen and oxygen atoms in total. The van der Waals surface area contributed by atoms with E-state index < -0.39 is 88.8 Å². The number of nitrogens with one attached hydrogen (secondary N) is 1. The molecule has 5 rings (SSSR count). The molecule has 7 N–H and O–H groups in total. The number of anilines is 1. The number of benzene rings is 2. The van der Waals surface area contributed by atoms with Crippen LogP contribution in [0.25, 0.3) is 10.8 Å². The number of fused-ring (bicyclic) bond motifs is 14. The third kappa shape index (κ3) is 6.96. The quantitative estimate of drug-likeness (QED) is 0.129. The normalized spacial score (nSPS) is 33.7. The molecule has 0 radical (unpaired) electrons. The van der Waals surface area contributed by atoms with E-state index in [9.17, 15) is 45.0 Å². The predicted octanol–water partition coefficient (Wildman–Crippen LogP) is 4.10. The van der Waals surface area contributed by atoms with E-state index in [4.69, 9.17) is 14.2 Å². The molecule has 0 aromatic heterocycles. The van der Waals surface area contributed by atoms with E-state index in [0.717, 1.165) is 12.3 Å². The van der Waals surface area contributed by atoms with E-state index in [1.807, 2.05) is 0 Å². The third-order valence-electron chi connectivity index (χ3n) is 9.59. The SMILES string of the molecule is CC(=O)O[C@H]1[C@H](C)[C@H](O)[C@H](C)[C@@H](O)[C@@H](C)/C=C/C=C(/C)C(=O)Nc2cc(O)c3c4c(c(C)c(O)c3c2O)O[C@](C)(O/C=C/[C@H](O)[C@H]1C)C4=O. The number of carbonyl (C=O) groups excluding carboxylic acids is 3. The van der Waals surface area contributed by atoms with Crippen LogP contribution in [0.15, 0.2) is 42.2 Å². The molecule has 0 fully saturated rings. The van der Waals surface area contributed by atoms with Crippen LogP contribution in [-0.4, -0.2) is 78.5 Å². The van der Waals surface area contributed by atoms with Crippen LogP contribution in [0.5, 0.6) is 23.0 Å². The Kier molecular flexibility index (Phi) is 10.7. The molecule has 0 saturated carbocycles. The number of hydrogen-bond acceptors (Lipinski definition) is 12. The van der Waals surface area contributed by atoms with Crippen LogP contribution in [0.1, 0.15) is 64.4 Å². The summed E-state index contributed by atoms with van der Waals surface area (Å²) in [4.78, 5) is 39.0. The number of rotatable bonds is 1. The number of aliphatic hydroxyl groups excluding tert-OH is 3.